The molecule has 0 aliphatic rings. The molecule has 5 nitrogen and oxygen atoms in total. The van der Waals surface area contributed by atoms with Gasteiger partial charge < -0.3 is 9.47 Å². The molecule has 2 rings (SSSR count). The van der Waals surface area contributed by atoms with Gasteiger partial charge in [0.25, 0.3) is 0 Å². The summed E-state index contributed by atoms with van der Waals surface area (Å²) >= 11 is 12.0. The number of nitrogens with zero attached hydrogens (tertiary/aromatic N) is 2. The van der Waals surface area contributed by atoms with E-state index in [1.54, 1.807) is 43.1 Å². The minimum atomic E-state index is -0.494. The van der Waals surface area contributed by atoms with E-state index in [1.807, 2.05) is 6.92 Å². The van der Waals surface area contributed by atoms with Gasteiger partial charge in [-0.1, -0.05) is 23.2 Å². The second-order valence-corrected chi connectivity index (χ2v) is 5.61. The van der Waals surface area contributed by atoms with Gasteiger partial charge in [-0.2, -0.15) is 5.10 Å². The van der Waals surface area contributed by atoms with E-state index < -0.39 is 5.97 Å². The van der Waals surface area contributed by atoms with Crippen molar-refractivity contribution < 1.29 is 14.3 Å². The van der Waals surface area contributed by atoms with Crippen LogP contribution in [0.15, 0.2) is 24.3 Å². The molecular formula is C16H16Cl2N2O3. The van der Waals surface area contributed by atoms with Gasteiger partial charge in [-0.15, -0.1) is 0 Å². The fraction of sp³-hybridized carbons (Fsp3) is 0.250. The lowest BCUT2D eigenvalue weighted by Gasteiger charge is -2.08. The van der Waals surface area contributed by atoms with Crippen LogP contribution in [0, 0.1) is 6.92 Å². The molecule has 122 valence electrons. The molecule has 2 aromatic rings. The van der Waals surface area contributed by atoms with E-state index in [1.165, 1.54) is 6.08 Å². The Morgan fingerprint density at radius 2 is 2.13 bits per heavy atom. The fourth-order valence-corrected chi connectivity index (χ4v) is 2.48. The fourth-order valence-electron chi connectivity index (χ4n) is 2.04. The van der Waals surface area contributed by atoms with Crippen LogP contribution in [0.25, 0.3) is 6.08 Å². The third-order valence-corrected chi connectivity index (χ3v) is 3.88. The van der Waals surface area contributed by atoms with Gasteiger partial charge in [0, 0.05) is 29.3 Å². The first-order valence-corrected chi connectivity index (χ1v) is 7.54. The van der Waals surface area contributed by atoms with Crippen molar-refractivity contribution in [1.82, 2.24) is 9.78 Å². The second kappa shape index (κ2) is 7.53. The van der Waals surface area contributed by atoms with E-state index in [0.717, 1.165) is 5.69 Å². The Morgan fingerprint density at radius 1 is 1.39 bits per heavy atom. The summed E-state index contributed by atoms with van der Waals surface area (Å²) in [7, 11) is 3.28. The van der Waals surface area contributed by atoms with Crippen LogP contribution in [0.1, 0.15) is 16.8 Å². The van der Waals surface area contributed by atoms with Crippen LogP contribution in [-0.4, -0.2) is 22.9 Å². The molecular weight excluding hydrogens is 339 g/mol. The summed E-state index contributed by atoms with van der Waals surface area (Å²) in [5.41, 5.74) is 2.11. The van der Waals surface area contributed by atoms with Gasteiger partial charge in [-0.25, -0.2) is 4.79 Å². The SMILES string of the molecule is COc1ccc(Cl)cc1COC(=O)/C=C/c1c(C)nn(C)c1Cl. The first-order valence-electron chi connectivity index (χ1n) is 6.78. The van der Waals surface area contributed by atoms with Crippen molar-refractivity contribution >= 4 is 35.2 Å². The molecule has 7 heteroatoms. The predicted molar refractivity (Wildman–Crippen MR) is 89.8 cm³/mol. The van der Waals surface area contributed by atoms with Crippen molar-refractivity contribution in [3.05, 3.63) is 51.3 Å². The van der Waals surface area contributed by atoms with Crippen LogP contribution in [0.4, 0.5) is 0 Å². The molecule has 0 N–H and O–H groups in total. The number of carbonyl (C=O) groups is 1. The maximum atomic E-state index is 11.9. The van der Waals surface area contributed by atoms with Crippen LogP contribution in [0.2, 0.25) is 10.2 Å². The topological polar surface area (TPSA) is 53.4 Å². The molecule has 0 saturated heterocycles. The largest absolute Gasteiger partial charge is 0.496 e. The minimum absolute atomic E-state index is 0.0622. The summed E-state index contributed by atoms with van der Waals surface area (Å²) in [6.45, 7) is 1.88. The van der Waals surface area contributed by atoms with Crippen LogP contribution in [-0.2, 0) is 23.2 Å². The lowest BCUT2D eigenvalue weighted by molar-refractivity contribution is -0.138. The highest BCUT2D eigenvalue weighted by molar-refractivity contribution is 6.31. The molecule has 0 spiro atoms. The number of benzene rings is 1. The number of esters is 1. The molecule has 0 fully saturated rings. The first-order chi connectivity index (χ1) is 10.9. The Hall–Kier alpha value is -1.98. The van der Waals surface area contributed by atoms with E-state index >= 15 is 0 Å². The van der Waals surface area contributed by atoms with Crippen molar-refractivity contribution in [3.8, 4) is 5.75 Å². The Morgan fingerprint density at radius 3 is 2.74 bits per heavy atom. The lowest BCUT2D eigenvalue weighted by atomic mass is 10.2. The standard InChI is InChI=1S/C16H16Cl2N2O3/c1-10-13(16(18)20(2)19-10)5-7-15(21)23-9-11-8-12(17)4-6-14(11)22-3/h4-8H,9H2,1-3H3/b7-5+. The maximum Gasteiger partial charge on any atom is 0.331 e. The van der Waals surface area contributed by atoms with Gasteiger partial charge in [0.1, 0.15) is 17.5 Å². The zero-order chi connectivity index (χ0) is 17.0. The van der Waals surface area contributed by atoms with Crippen LogP contribution in [0.5, 0.6) is 5.75 Å². The Balaban J connectivity index is 2.03. The van der Waals surface area contributed by atoms with E-state index in [0.29, 0.717) is 27.1 Å². The van der Waals surface area contributed by atoms with Crippen molar-refractivity contribution in [1.29, 1.82) is 0 Å². The van der Waals surface area contributed by atoms with E-state index in [9.17, 15) is 4.79 Å². The number of carbonyl (C=O) groups excluding carboxylic acids is 1. The average molecular weight is 355 g/mol. The zero-order valence-corrected chi connectivity index (χ0v) is 14.5. The highest BCUT2D eigenvalue weighted by Gasteiger charge is 2.10. The summed E-state index contributed by atoms with van der Waals surface area (Å²) in [5.74, 6) is 0.115. The smallest absolute Gasteiger partial charge is 0.331 e. The van der Waals surface area contributed by atoms with Gasteiger partial charge in [0.05, 0.1) is 12.8 Å². The molecule has 1 aromatic carbocycles. The highest BCUT2D eigenvalue weighted by Crippen LogP contribution is 2.23. The molecule has 0 amide bonds. The number of methoxy groups -OCH3 is 1. The monoisotopic (exact) mass is 354 g/mol. The summed E-state index contributed by atoms with van der Waals surface area (Å²) in [4.78, 5) is 11.9. The highest BCUT2D eigenvalue weighted by atomic mass is 35.5. The number of aryl methyl sites for hydroxylation is 2. The molecule has 0 atom stereocenters. The zero-order valence-electron chi connectivity index (χ0n) is 13.0. The quantitative estimate of drug-likeness (QED) is 0.605. The molecule has 0 bridgehead atoms. The van der Waals surface area contributed by atoms with E-state index in [4.69, 9.17) is 32.7 Å². The van der Waals surface area contributed by atoms with Crippen molar-refractivity contribution in [2.75, 3.05) is 7.11 Å². The third-order valence-electron chi connectivity index (χ3n) is 3.19. The average Bonchev–Trinajstić information content (AvgIpc) is 2.76. The second-order valence-electron chi connectivity index (χ2n) is 4.81. The van der Waals surface area contributed by atoms with Crippen LogP contribution >= 0.6 is 23.2 Å². The van der Waals surface area contributed by atoms with Gasteiger partial charge >= 0.3 is 5.97 Å². The van der Waals surface area contributed by atoms with Gasteiger partial charge in [0.15, 0.2) is 0 Å². The van der Waals surface area contributed by atoms with Gasteiger partial charge in [0.2, 0.25) is 0 Å². The Labute approximate surface area is 144 Å². The van der Waals surface area contributed by atoms with E-state index in [-0.39, 0.29) is 6.61 Å². The molecule has 23 heavy (non-hydrogen) atoms. The van der Waals surface area contributed by atoms with Crippen LogP contribution < -0.4 is 4.74 Å². The number of aromatic nitrogens is 2. The molecule has 0 saturated carbocycles. The van der Waals surface area contributed by atoms with Crippen LogP contribution in [0.3, 0.4) is 0 Å². The minimum Gasteiger partial charge on any atom is -0.496 e. The number of hydrogen-bond donors (Lipinski definition) is 0. The van der Waals surface area contributed by atoms with Crippen molar-refractivity contribution in [2.45, 2.75) is 13.5 Å². The predicted octanol–water partition coefficient (Wildman–Crippen LogP) is 3.80. The lowest BCUT2D eigenvalue weighted by Crippen LogP contribution is -2.02. The molecule has 0 aliphatic heterocycles. The molecule has 1 aromatic heterocycles. The summed E-state index contributed by atoms with van der Waals surface area (Å²) in [6.07, 6.45) is 2.90. The summed E-state index contributed by atoms with van der Waals surface area (Å²) in [5, 5.41) is 5.17. The molecule has 1 heterocycles. The maximum absolute atomic E-state index is 11.9. The Bertz CT molecular complexity index is 754. The van der Waals surface area contributed by atoms with Gasteiger partial charge in [-0.05, 0) is 31.2 Å². The number of hydrogen-bond acceptors (Lipinski definition) is 4. The molecule has 0 radical (unpaired) electrons. The molecule has 0 aliphatic carbocycles. The summed E-state index contributed by atoms with van der Waals surface area (Å²) < 4.78 is 11.9. The summed E-state index contributed by atoms with van der Waals surface area (Å²) in [6, 6.07) is 5.12. The number of halogens is 2. The normalized spacial score (nSPS) is 11.0. The first kappa shape index (κ1) is 17.4. The van der Waals surface area contributed by atoms with E-state index in [2.05, 4.69) is 5.10 Å². The van der Waals surface area contributed by atoms with Crippen molar-refractivity contribution in [3.63, 3.8) is 0 Å². The molecule has 0 unspecified atom stereocenters. The Kier molecular flexibility index (Phi) is 5.69. The number of rotatable bonds is 5. The van der Waals surface area contributed by atoms with Gasteiger partial charge in [-0.3, -0.25) is 4.68 Å². The number of ether oxygens (including phenoxy) is 2. The third kappa shape index (κ3) is 4.27. The van der Waals surface area contributed by atoms with Crippen molar-refractivity contribution in [2.24, 2.45) is 7.05 Å².